The summed E-state index contributed by atoms with van der Waals surface area (Å²) >= 11 is 0. The van der Waals surface area contributed by atoms with E-state index in [1.54, 1.807) is 0 Å². The maximum absolute atomic E-state index is 2.41. The van der Waals surface area contributed by atoms with Gasteiger partial charge in [0, 0.05) is 5.92 Å². The molecule has 2 atom stereocenters. The normalized spacial score (nSPS) is 34.8. The first kappa shape index (κ1) is 6.90. The SMILES string of the molecule is CC1C=C2C=CC=CC2CC1. The van der Waals surface area contributed by atoms with E-state index in [9.17, 15) is 0 Å². The van der Waals surface area contributed by atoms with Gasteiger partial charge in [-0.3, -0.25) is 0 Å². The summed E-state index contributed by atoms with van der Waals surface area (Å²) in [4.78, 5) is 0. The minimum Gasteiger partial charge on any atom is -0.0779 e. The number of allylic oxidation sites excluding steroid dienone is 6. The molecule has 0 fully saturated rings. The third-order valence-corrected chi connectivity index (χ3v) is 2.58. The van der Waals surface area contributed by atoms with Crippen LogP contribution in [0.15, 0.2) is 36.0 Å². The largest absolute Gasteiger partial charge is 0.0779 e. The Kier molecular flexibility index (Phi) is 1.69. The quantitative estimate of drug-likeness (QED) is 0.492. The first-order valence-corrected chi connectivity index (χ1v) is 4.43. The molecule has 2 aliphatic rings. The van der Waals surface area contributed by atoms with E-state index in [-0.39, 0.29) is 0 Å². The van der Waals surface area contributed by atoms with Crippen molar-refractivity contribution in [1.82, 2.24) is 0 Å². The van der Waals surface area contributed by atoms with Crippen molar-refractivity contribution in [1.29, 1.82) is 0 Å². The van der Waals surface area contributed by atoms with Gasteiger partial charge in [0.1, 0.15) is 0 Å². The highest BCUT2D eigenvalue weighted by atomic mass is 14.2. The van der Waals surface area contributed by atoms with Crippen LogP contribution in [0, 0.1) is 11.8 Å². The molecule has 0 aliphatic heterocycles. The van der Waals surface area contributed by atoms with Crippen LogP contribution in [0.3, 0.4) is 0 Å². The third-order valence-electron chi connectivity index (χ3n) is 2.58. The topological polar surface area (TPSA) is 0 Å². The first-order chi connectivity index (χ1) is 5.36. The highest BCUT2D eigenvalue weighted by molar-refractivity contribution is 5.34. The van der Waals surface area contributed by atoms with Gasteiger partial charge in [-0.1, -0.05) is 37.3 Å². The lowest BCUT2D eigenvalue weighted by atomic mass is 9.81. The van der Waals surface area contributed by atoms with Crippen LogP contribution in [0.4, 0.5) is 0 Å². The molecule has 0 heterocycles. The zero-order valence-corrected chi connectivity index (χ0v) is 6.96. The maximum atomic E-state index is 2.41. The molecule has 0 bridgehead atoms. The average Bonchev–Trinajstić information content (AvgIpc) is 2.04. The summed E-state index contributed by atoms with van der Waals surface area (Å²) in [6.07, 6.45) is 14.0. The Bertz CT molecular complexity index is 230. The molecule has 11 heavy (non-hydrogen) atoms. The Morgan fingerprint density at radius 1 is 1.27 bits per heavy atom. The average molecular weight is 146 g/mol. The number of rotatable bonds is 0. The Balaban J connectivity index is 2.26. The van der Waals surface area contributed by atoms with Gasteiger partial charge in [0.15, 0.2) is 0 Å². The predicted octanol–water partition coefficient (Wildman–Crippen LogP) is 3.08. The molecule has 0 radical (unpaired) electrons. The Morgan fingerprint density at radius 2 is 2.18 bits per heavy atom. The molecule has 2 rings (SSSR count). The van der Waals surface area contributed by atoms with Crippen molar-refractivity contribution in [3.8, 4) is 0 Å². The van der Waals surface area contributed by atoms with Crippen LogP contribution < -0.4 is 0 Å². The Labute approximate surface area is 68.3 Å². The Morgan fingerprint density at radius 3 is 3.09 bits per heavy atom. The van der Waals surface area contributed by atoms with Gasteiger partial charge < -0.3 is 0 Å². The van der Waals surface area contributed by atoms with Gasteiger partial charge in [-0.05, 0) is 24.3 Å². The van der Waals surface area contributed by atoms with Gasteiger partial charge in [-0.15, -0.1) is 0 Å². The van der Waals surface area contributed by atoms with Crippen LogP contribution in [0.25, 0.3) is 0 Å². The molecule has 0 nitrogen and oxygen atoms in total. The minimum atomic E-state index is 0.733. The fourth-order valence-electron chi connectivity index (χ4n) is 1.90. The first-order valence-electron chi connectivity index (χ1n) is 4.43. The molecule has 0 saturated heterocycles. The second-order valence-corrected chi connectivity index (χ2v) is 3.57. The summed E-state index contributed by atoms with van der Waals surface area (Å²) in [5.41, 5.74) is 1.53. The highest BCUT2D eigenvalue weighted by Gasteiger charge is 2.17. The van der Waals surface area contributed by atoms with Gasteiger partial charge in [-0.25, -0.2) is 0 Å². The summed E-state index contributed by atoms with van der Waals surface area (Å²) < 4.78 is 0. The van der Waals surface area contributed by atoms with Gasteiger partial charge in [0.2, 0.25) is 0 Å². The predicted molar refractivity (Wildman–Crippen MR) is 48.3 cm³/mol. The monoisotopic (exact) mass is 146 g/mol. The van der Waals surface area contributed by atoms with E-state index in [1.165, 1.54) is 18.4 Å². The van der Waals surface area contributed by atoms with E-state index in [0.29, 0.717) is 0 Å². The van der Waals surface area contributed by atoms with Crippen LogP contribution in [0.1, 0.15) is 19.8 Å². The number of fused-ring (bicyclic) bond motifs is 1. The lowest BCUT2D eigenvalue weighted by Crippen LogP contribution is -2.10. The van der Waals surface area contributed by atoms with Crippen LogP contribution >= 0.6 is 0 Å². The molecule has 0 saturated carbocycles. The molecule has 0 aromatic rings. The maximum Gasteiger partial charge on any atom is 0.00182 e. The molecule has 0 amide bonds. The van der Waals surface area contributed by atoms with E-state index < -0.39 is 0 Å². The van der Waals surface area contributed by atoms with E-state index in [4.69, 9.17) is 0 Å². The second-order valence-electron chi connectivity index (χ2n) is 3.57. The standard InChI is InChI=1S/C11H14/c1-9-6-7-10-4-2-3-5-11(10)8-9/h2-5,8-10H,6-7H2,1H3. The molecule has 0 aromatic heterocycles. The molecule has 0 aromatic carbocycles. The molecule has 0 N–H and O–H groups in total. The summed E-state index contributed by atoms with van der Waals surface area (Å²) in [5.74, 6) is 1.52. The lowest BCUT2D eigenvalue weighted by molar-refractivity contribution is 0.514. The van der Waals surface area contributed by atoms with E-state index in [1.807, 2.05) is 0 Å². The molecule has 0 spiro atoms. The van der Waals surface area contributed by atoms with Crippen molar-refractivity contribution in [2.24, 2.45) is 11.8 Å². The fraction of sp³-hybridized carbons (Fsp3) is 0.455. The van der Waals surface area contributed by atoms with Crippen molar-refractivity contribution in [3.63, 3.8) is 0 Å². The van der Waals surface area contributed by atoms with Gasteiger partial charge in [0.25, 0.3) is 0 Å². The van der Waals surface area contributed by atoms with Crippen molar-refractivity contribution in [2.45, 2.75) is 19.8 Å². The summed E-state index contributed by atoms with van der Waals surface area (Å²) in [5, 5.41) is 0. The van der Waals surface area contributed by atoms with Crippen LogP contribution in [-0.2, 0) is 0 Å². The lowest BCUT2D eigenvalue weighted by Gasteiger charge is -2.24. The van der Waals surface area contributed by atoms with Crippen LogP contribution in [-0.4, -0.2) is 0 Å². The van der Waals surface area contributed by atoms with E-state index >= 15 is 0 Å². The van der Waals surface area contributed by atoms with Crippen molar-refractivity contribution >= 4 is 0 Å². The molecule has 0 heteroatoms. The van der Waals surface area contributed by atoms with E-state index in [2.05, 4.69) is 37.3 Å². The van der Waals surface area contributed by atoms with Crippen molar-refractivity contribution < 1.29 is 0 Å². The smallest absolute Gasteiger partial charge is 0.00182 e. The van der Waals surface area contributed by atoms with E-state index in [0.717, 1.165) is 11.8 Å². The zero-order valence-electron chi connectivity index (χ0n) is 6.96. The molecule has 2 aliphatic carbocycles. The fourth-order valence-corrected chi connectivity index (χ4v) is 1.90. The molecule has 58 valence electrons. The van der Waals surface area contributed by atoms with Gasteiger partial charge in [-0.2, -0.15) is 0 Å². The minimum absolute atomic E-state index is 0.733. The third kappa shape index (κ3) is 1.30. The van der Waals surface area contributed by atoms with Crippen molar-refractivity contribution in [2.75, 3.05) is 0 Å². The van der Waals surface area contributed by atoms with Crippen LogP contribution in [0.2, 0.25) is 0 Å². The summed E-state index contributed by atoms with van der Waals surface area (Å²) in [6.45, 7) is 2.30. The zero-order chi connectivity index (χ0) is 7.68. The van der Waals surface area contributed by atoms with Gasteiger partial charge in [0.05, 0.1) is 0 Å². The molecular weight excluding hydrogens is 132 g/mol. The Hall–Kier alpha value is -0.780. The van der Waals surface area contributed by atoms with Crippen molar-refractivity contribution in [3.05, 3.63) is 36.0 Å². The summed E-state index contributed by atoms with van der Waals surface area (Å²) in [6, 6.07) is 0. The number of hydrogen-bond donors (Lipinski definition) is 0. The summed E-state index contributed by atoms with van der Waals surface area (Å²) in [7, 11) is 0. The number of hydrogen-bond acceptors (Lipinski definition) is 0. The van der Waals surface area contributed by atoms with Gasteiger partial charge >= 0.3 is 0 Å². The molecular formula is C11H14. The molecule has 2 unspecified atom stereocenters. The van der Waals surface area contributed by atoms with Crippen LogP contribution in [0.5, 0.6) is 0 Å². The second kappa shape index (κ2) is 2.69. The highest BCUT2D eigenvalue weighted by Crippen LogP contribution is 2.31.